The van der Waals surface area contributed by atoms with Crippen molar-refractivity contribution in [3.8, 4) is 11.8 Å². The van der Waals surface area contributed by atoms with Crippen LogP contribution in [0.2, 0.25) is 0 Å². The first-order chi connectivity index (χ1) is 9.13. The second kappa shape index (κ2) is 5.12. The Balaban J connectivity index is 2.16. The number of ketones is 1. The van der Waals surface area contributed by atoms with Gasteiger partial charge in [0.15, 0.2) is 18.2 Å². The topological polar surface area (TPSA) is 54.0 Å². The van der Waals surface area contributed by atoms with Gasteiger partial charge in [-0.3, -0.25) is 4.79 Å². The highest BCUT2D eigenvalue weighted by Gasteiger charge is 2.57. The number of rotatable bonds is 2. The summed E-state index contributed by atoms with van der Waals surface area (Å²) in [5.74, 6) is 4.52. The molecule has 0 aromatic carbocycles. The van der Waals surface area contributed by atoms with Gasteiger partial charge >= 0.3 is 0 Å². The monoisotopic (exact) mass is 282 g/mol. The number of carbonyl (C=O) groups is 1. The van der Waals surface area contributed by atoms with Gasteiger partial charge in [0.2, 0.25) is 5.78 Å². The number of hydrogen-bond acceptors (Lipinski definition) is 5. The Morgan fingerprint density at radius 2 is 1.80 bits per heavy atom. The molecule has 20 heavy (non-hydrogen) atoms. The van der Waals surface area contributed by atoms with Crippen LogP contribution in [-0.2, 0) is 23.7 Å². The molecule has 0 saturated carbocycles. The van der Waals surface area contributed by atoms with E-state index < -0.39 is 30.4 Å². The minimum atomic E-state index is -0.762. The number of ether oxygens (including phenoxy) is 4. The van der Waals surface area contributed by atoms with Crippen molar-refractivity contribution in [2.24, 2.45) is 5.41 Å². The van der Waals surface area contributed by atoms with Crippen LogP contribution >= 0.6 is 0 Å². The molecule has 2 aliphatic heterocycles. The first-order valence-electron chi connectivity index (χ1n) is 6.74. The quantitative estimate of drug-likeness (QED) is 0.567. The summed E-state index contributed by atoms with van der Waals surface area (Å²) < 4.78 is 22.3. The number of Topliss-reactive ketones (excluding diaryl/α,β-unsaturated/α-hetero) is 1. The van der Waals surface area contributed by atoms with Gasteiger partial charge in [-0.15, -0.1) is 0 Å². The van der Waals surface area contributed by atoms with Gasteiger partial charge in [-0.25, -0.2) is 0 Å². The van der Waals surface area contributed by atoms with E-state index in [0.29, 0.717) is 0 Å². The second-order valence-corrected chi connectivity index (χ2v) is 6.59. The molecule has 2 heterocycles. The van der Waals surface area contributed by atoms with E-state index in [0.717, 1.165) is 0 Å². The third-order valence-electron chi connectivity index (χ3n) is 3.06. The Labute approximate surface area is 119 Å². The van der Waals surface area contributed by atoms with Crippen LogP contribution in [-0.4, -0.2) is 43.3 Å². The summed E-state index contributed by atoms with van der Waals surface area (Å²) in [5, 5.41) is 0. The molecule has 2 rings (SSSR count). The molecule has 0 aromatic rings. The summed E-state index contributed by atoms with van der Waals surface area (Å²) in [6.45, 7) is 9.45. The molecular weight excluding hydrogens is 260 g/mol. The Morgan fingerprint density at radius 1 is 1.20 bits per heavy atom. The molecule has 2 aliphatic rings. The average Bonchev–Trinajstić information content (AvgIpc) is 2.78. The zero-order valence-corrected chi connectivity index (χ0v) is 12.9. The van der Waals surface area contributed by atoms with Gasteiger partial charge < -0.3 is 18.9 Å². The number of fused-ring (bicyclic) bond motifs is 1. The Kier molecular flexibility index (Phi) is 3.96. The molecular formula is C15H22O5. The van der Waals surface area contributed by atoms with E-state index in [2.05, 4.69) is 11.8 Å². The maximum atomic E-state index is 12.2. The lowest BCUT2D eigenvalue weighted by atomic mass is 9.97. The van der Waals surface area contributed by atoms with Crippen molar-refractivity contribution in [1.82, 2.24) is 0 Å². The second-order valence-electron chi connectivity index (χ2n) is 6.59. The zero-order valence-electron chi connectivity index (χ0n) is 12.9. The van der Waals surface area contributed by atoms with Gasteiger partial charge in [0.05, 0.1) is 0 Å². The van der Waals surface area contributed by atoms with E-state index in [9.17, 15) is 4.79 Å². The molecule has 5 nitrogen and oxygen atoms in total. The van der Waals surface area contributed by atoms with Crippen molar-refractivity contribution >= 4 is 5.78 Å². The summed E-state index contributed by atoms with van der Waals surface area (Å²) in [6, 6.07) is 0. The average molecular weight is 282 g/mol. The Bertz CT molecular complexity index is 451. The number of carbonyl (C=O) groups excluding carboxylic acids is 1. The minimum Gasteiger partial charge on any atom is -0.353 e. The van der Waals surface area contributed by atoms with Crippen molar-refractivity contribution in [1.29, 1.82) is 0 Å². The van der Waals surface area contributed by atoms with Gasteiger partial charge in [0.25, 0.3) is 0 Å². The molecule has 0 amide bonds. The molecule has 0 aromatic heterocycles. The smallest absolute Gasteiger partial charge is 0.237 e. The SMILES string of the molecule is CO[C@@H]1O[C@H](C(=O)C#CC(C)(C)C)[C@H]2OC(C)(C)O[C@@H]12. The third kappa shape index (κ3) is 3.21. The summed E-state index contributed by atoms with van der Waals surface area (Å²) in [4.78, 5) is 12.2. The van der Waals surface area contributed by atoms with E-state index in [1.165, 1.54) is 7.11 Å². The number of methoxy groups -OCH3 is 1. The predicted octanol–water partition coefficient (Wildman–Crippen LogP) is 1.50. The van der Waals surface area contributed by atoms with Crippen LogP contribution in [0.1, 0.15) is 34.6 Å². The summed E-state index contributed by atoms with van der Waals surface area (Å²) in [5.41, 5.74) is -0.235. The van der Waals surface area contributed by atoms with Crippen molar-refractivity contribution in [3.63, 3.8) is 0 Å². The molecule has 4 atom stereocenters. The molecule has 5 heteroatoms. The van der Waals surface area contributed by atoms with E-state index in [-0.39, 0.29) is 11.2 Å². The van der Waals surface area contributed by atoms with Crippen LogP contribution < -0.4 is 0 Å². The molecule has 0 bridgehead atoms. The van der Waals surface area contributed by atoms with Crippen molar-refractivity contribution in [3.05, 3.63) is 0 Å². The highest BCUT2D eigenvalue weighted by atomic mass is 16.8. The van der Waals surface area contributed by atoms with Crippen LogP contribution in [0.3, 0.4) is 0 Å². The first kappa shape index (κ1) is 15.5. The van der Waals surface area contributed by atoms with E-state index in [1.807, 2.05) is 20.8 Å². The van der Waals surface area contributed by atoms with Crippen molar-refractivity contribution in [2.75, 3.05) is 7.11 Å². The Hall–Kier alpha value is -0.930. The van der Waals surface area contributed by atoms with Crippen LogP contribution in [0.5, 0.6) is 0 Å². The van der Waals surface area contributed by atoms with E-state index in [4.69, 9.17) is 18.9 Å². The maximum absolute atomic E-state index is 12.2. The van der Waals surface area contributed by atoms with Gasteiger partial charge in [0.1, 0.15) is 12.2 Å². The maximum Gasteiger partial charge on any atom is 0.237 e. The number of hydrogen-bond donors (Lipinski definition) is 0. The normalized spacial score (nSPS) is 35.3. The fourth-order valence-corrected chi connectivity index (χ4v) is 2.28. The van der Waals surface area contributed by atoms with Gasteiger partial charge in [0, 0.05) is 12.5 Å². The van der Waals surface area contributed by atoms with Crippen molar-refractivity contribution in [2.45, 2.75) is 65.0 Å². The molecule has 0 radical (unpaired) electrons. The van der Waals surface area contributed by atoms with E-state index >= 15 is 0 Å². The zero-order chi connectivity index (χ0) is 15.1. The lowest BCUT2D eigenvalue weighted by Crippen LogP contribution is -2.35. The first-order valence-corrected chi connectivity index (χ1v) is 6.74. The van der Waals surface area contributed by atoms with Crippen LogP contribution in [0, 0.1) is 17.3 Å². The highest BCUT2D eigenvalue weighted by Crippen LogP contribution is 2.39. The fraction of sp³-hybridized carbons (Fsp3) is 0.800. The lowest BCUT2D eigenvalue weighted by molar-refractivity contribution is -0.224. The van der Waals surface area contributed by atoms with Gasteiger partial charge in [-0.2, -0.15) is 0 Å². The lowest BCUT2D eigenvalue weighted by Gasteiger charge is -2.22. The van der Waals surface area contributed by atoms with Crippen molar-refractivity contribution < 1.29 is 23.7 Å². The summed E-state index contributed by atoms with van der Waals surface area (Å²) >= 11 is 0. The summed E-state index contributed by atoms with van der Waals surface area (Å²) in [6.07, 6.45) is -2.24. The minimum absolute atomic E-state index is 0.235. The fourth-order valence-electron chi connectivity index (χ4n) is 2.28. The largest absolute Gasteiger partial charge is 0.353 e. The molecule has 2 fully saturated rings. The van der Waals surface area contributed by atoms with Crippen LogP contribution in [0.4, 0.5) is 0 Å². The molecule has 0 aliphatic carbocycles. The van der Waals surface area contributed by atoms with Gasteiger partial charge in [-0.1, -0.05) is 5.92 Å². The summed E-state index contributed by atoms with van der Waals surface area (Å²) in [7, 11) is 1.52. The van der Waals surface area contributed by atoms with E-state index in [1.54, 1.807) is 13.8 Å². The molecule has 0 N–H and O–H groups in total. The molecule has 0 spiro atoms. The molecule has 0 unspecified atom stereocenters. The standard InChI is InChI=1S/C15H22O5/c1-14(2,3)8-7-9(16)10-11-12(13(17-6)18-10)20-15(4,5)19-11/h10-13H,1-6H3/t10-,11-,12-,13-/m1/s1. The predicted molar refractivity (Wildman–Crippen MR) is 71.7 cm³/mol. The van der Waals surface area contributed by atoms with Gasteiger partial charge in [-0.05, 0) is 40.5 Å². The molecule has 112 valence electrons. The third-order valence-corrected chi connectivity index (χ3v) is 3.06. The van der Waals surface area contributed by atoms with Crippen LogP contribution in [0.15, 0.2) is 0 Å². The van der Waals surface area contributed by atoms with Crippen LogP contribution in [0.25, 0.3) is 0 Å². The Morgan fingerprint density at radius 3 is 2.35 bits per heavy atom. The highest BCUT2D eigenvalue weighted by molar-refractivity contribution is 5.99. The molecule has 2 saturated heterocycles.